The highest BCUT2D eigenvalue weighted by molar-refractivity contribution is 7.88. The molecule has 0 amide bonds. The number of nitrogens with zero attached hydrogens (tertiary/aromatic N) is 1. The normalized spacial score (nSPS) is 15.4. The molecule has 6 heteroatoms. The molecule has 0 aliphatic heterocycles. The largest absolute Gasteiger partial charge is 0.374 e. The molecule has 0 aromatic heterocycles. The fourth-order valence-corrected chi connectivity index (χ4v) is 2.44. The maximum Gasteiger partial charge on any atom is 0.208 e. The Kier molecular flexibility index (Phi) is 6.78. The van der Waals surface area contributed by atoms with Crippen LogP contribution in [0.4, 0.5) is 0 Å². The Balaban J connectivity index is 4.75. The lowest BCUT2D eigenvalue weighted by molar-refractivity contribution is -0.0611. The van der Waals surface area contributed by atoms with E-state index in [0.29, 0.717) is 6.54 Å². The topological polar surface area (TPSA) is 58.6 Å². The van der Waals surface area contributed by atoms with Crippen LogP contribution in [-0.2, 0) is 14.8 Å². The third-order valence-corrected chi connectivity index (χ3v) is 3.25. The van der Waals surface area contributed by atoms with Crippen LogP contribution in [0.15, 0.2) is 0 Å². The summed E-state index contributed by atoms with van der Waals surface area (Å²) in [4.78, 5) is 2.08. The van der Waals surface area contributed by atoms with Crippen molar-refractivity contribution in [1.82, 2.24) is 9.62 Å². The van der Waals surface area contributed by atoms with Crippen molar-refractivity contribution in [3.8, 4) is 0 Å². The maximum atomic E-state index is 11.2. The van der Waals surface area contributed by atoms with Crippen LogP contribution >= 0.6 is 0 Å². The number of sulfonamides is 1. The monoisotopic (exact) mass is 280 g/mol. The van der Waals surface area contributed by atoms with Crippen LogP contribution in [0.25, 0.3) is 0 Å². The molecule has 0 aliphatic carbocycles. The molecular formula is C12H28N2O3S. The molecule has 5 nitrogen and oxygen atoms in total. The van der Waals surface area contributed by atoms with Crippen LogP contribution < -0.4 is 4.72 Å². The van der Waals surface area contributed by atoms with Crippen LogP contribution in [-0.4, -0.2) is 59.0 Å². The van der Waals surface area contributed by atoms with Crippen molar-refractivity contribution in [3.05, 3.63) is 0 Å². The number of hydrogen-bond acceptors (Lipinski definition) is 4. The first-order chi connectivity index (χ1) is 7.94. The van der Waals surface area contributed by atoms with E-state index in [1.807, 2.05) is 27.9 Å². The summed E-state index contributed by atoms with van der Waals surface area (Å²) < 4.78 is 30.8. The van der Waals surface area contributed by atoms with Gasteiger partial charge in [0, 0.05) is 18.5 Å². The van der Waals surface area contributed by atoms with Gasteiger partial charge < -0.3 is 9.64 Å². The Morgan fingerprint density at radius 1 is 1.28 bits per heavy atom. The van der Waals surface area contributed by atoms with Gasteiger partial charge >= 0.3 is 0 Å². The zero-order valence-corrected chi connectivity index (χ0v) is 13.5. The van der Waals surface area contributed by atoms with Crippen molar-refractivity contribution in [2.45, 2.75) is 39.9 Å². The fraction of sp³-hybridized carbons (Fsp3) is 1.00. The quantitative estimate of drug-likeness (QED) is 0.718. The van der Waals surface area contributed by atoms with Gasteiger partial charge in [0.2, 0.25) is 10.0 Å². The molecule has 0 aliphatic rings. The summed E-state index contributed by atoms with van der Waals surface area (Å²) in [6, 6.07) is 0. The maximum absolute atomic E-state index is 11.2. The van der Waals surface area contributed by atoms with Crippen molar-refractivity contribution in [2.24, 2.45) is 5.41 Å². The highest BCUT2D eigenvalue weighted by atomic mass is 32.2. The van der Waals surface area contributed by atoms with Gasteiger partial charge in [0.05, 0.1) is 18.5 Å². The standard InChI is InChI=1S/C12H28N2O3S/c1-10(2)17-11(8-13-18(7,15)16)12(3,4)9-14(5)6/h10-11,13H,8-9H2,1-7H3. The Morgan fingerprint density at radius 3 is 2.11 bits per heavy atom. The van der Waals surface area contributed by atoms with Crippen LogP contribution in [0, 0.1) is 5.41 Å². The van der Waals surface area contributed by atoms with Crippen molar-refractivity contribution in [3.63, 3.8) is 0 Å². The molecule has 0 rings (SSSR count). The van der Waals surface area contributed by atoms with Crippen molar-refractivity contribution in [2.75, 3.05) is 33.4 Å². The Bertz CT molecular complexity index is 337. The highest BCUT2D eigenvalue weighted by Crippen LogP contribution is 2.25. The van der Waals surface area contributed by atoms with Gasteiger partial charge in [-0.15, -0.1) is 0 Å². The van der Waals surface area contributed by atoms with E-state index >= 15 is 0 Å². The predicted molar refractivity (Wildman–Crippen MR) is 75.2 cm³/mol. The van der Waals surface area contributed by atoms with Gasteiger partial charge in [-0.05, 0) is 27.9 Å². The summed E-state index contributed by atoms with van der Waals surface area (Å²) in [5.74, 6) is 0. The molecule has 0 saturated heterocycles. The molecule has 0 saturated carbocycles. The van der Waals surface area contributed by atoms with Crippen molar-refractivity contribution < 1.29 is 13.2 Å². The number of nitrogens with one attached hydrogen (secondary N) is 1. The van der Waals surface area contributed by atoms with Gasteiger partial charge in [0.1, 0.15) is 0 Å². The third-order valence-electron chi connectivity index (χ3n) is 2.56. The van der Waals surface area contributed by atoms with E-state index < -0.39 is 10.0 Å². The minimum Gasteiger partial charge on any atom is -0.374 e. The average Bonchev–Trinajstić information content (AvgIpc) is 2.07. The molecule has 110 valence electrons. The van der Waals surface area contributed by atoms with E-state index in [0.717, 1.165) is 6.54 Å². The highest BCUT2D eigenvalue weighted by Gasteiger charge is 2.32. The van der Waals surface area contributed by atoms with Gasteiger partial charge in [-0.2, -0.15) is 0 Å². The molecule has 0 fully saturated rings. The Hall–Kier alpha value is -0.170. The van der Waals surface area contributed by atoms with Crippen molar-refractivity contribution >= 4 is 10.0 Å². The molecular weight excluding hydrogens is 252 g/mol. The second-order valence-electron chi connectivity index (χ2n) is 6.02. The third kappa shape index (κ3) is 8.02. The molecule has 18 heavy (non-hydrogen) atoms. The van der Waals surface area contributed by atoms with Crippen LogP contribution in [0.1, 0.15) is 27.7 Å². The number of rotatable bonds is 8. The molecule has 1 unspecified atom stereocenters. The van der Waals surface area contributed by atoms with E-state index in [1.165, 1.54) is 6.26 Å². The smallest absolute Gasteiger partial charge is 0.208 e. The molecule has 0 spiro atoms. The summed E-state index contributed by atoms with van der Waals surface area (Å²) in [7, 11) is 0.809. The number of hydrogen-bond donors (Lipinski definition) is 1. The summed E-state index contributed by atoms with van der Waals surface area (Å²) in [6.07, 6.45) is 1.07. The molecule has 1 N–H and O–H groups in total. The first-order valence-corrected chi connectivity index (χ1v) is 8.08. The van der Waals surface area contributed by atoms with Crippen LogP contribution in [0.3, 0.4) is 0 Å². The predicted octanol–water partition coefficient (Wildman–Crippen LogP) is 0.917. The van der Waals surface area contributed by atoms with Gasteiger partial charge in [0.15, 0.2) is 0 Å². The SMILES string of the molecule is CC(C)OC(CNS(C)(=O)=O)C(C)(C)CN(C)C. The first kappa shape index (κ1) is 17.8. The molecule has 0 aromatic rings. The van der Waals surface area contributed by atoms with Crippen LogP contribution in [0.5, 0.6) is 0 Å². The van der Waals surface area contributed by atoms with E-state index in [2.05, 4.69) is 23.5 Å². The second-order valence-corrected chi connectivity index (χ2v) is 7.85. The average molecular weight is 280 g/mol. The zero-order valence-electron chi connectivity index (χ0n) is 12.6. The minimum absolute atomic E-state index is 0.0674. The molecule has 0 aromatic carbocycles. The van der Waals surface area contributed by atoms with Crippen LogP contribution in [0.2, 0.25) is 0 Å². The second kappa shape index (κ2) is 6.84. The Morgan fingerprint density at radius 2 is 1.78 bits per heavy atom. The lowest BCUT2D eigenvalue weighted by Gasteiger charge is -2.37. The summed E-state index contributed by atoms with van der Waals surface area (Å²) >= 11 is 0. The fourth-order valence-electron chi connectivity index (χ4n) is 1.98. The van der Waals surface area contributed by atoms with Gasteiger partial charge in [0.25, 0.3) is 0 Å². The van der Waals surface area contributed by atoms with E-state index in [1.54, 1.807) is 0 Å². The molecule has 1 atom stereocenters. The van der Waals surface area contributed by atoms with E-state index in [9.17, 15) is 8.42 Å². The summed E-state index contributed by atoms with van der Waals surface area (Å²) in [5.41, 5.74) is -0.133. The van der Waals surface area contributed by atoms with E-state index in [-0.39, 0.29) is 17.6 Å². The lowest BCUT2D eigenvalue weighted by atomic mass is 9.85. The first-order valence-electron chi connectivity index (χ1n) is 6.19. The van der Waals surface area contributed by atoms with Crippen molar-refractivity contribution in [1.29, 1.82) is 0 Å². The van der Waals surface area contributed by atoms with Gasteiger partial charge in [-0.3, -0.25) is 0 Å². The summed E-state index contributed by atoms with van der Waals surface area (Å²) in [5, 5.41) is 0. The van der Waals surface area contributed by atoms with Gasteiger partial charge in [-0.25, -0.2) is 13.1 Å². The van der Waals surface area contributed by atoms with Gasteiger partial charge in [-0.1, -0.05) is 13.8 Å². The Labute approximate surface area is 112 Å². The molecule has 0 heterocycles. The minimum atomic E-state index is -3.19. The molecule has 0 radical (unpaired) electrons. The molecule has 0 bridgehead atoms. The lowest BCUT2D eigenvalue weighted by Crippen LogP contribution is -2.47. The summed E-state index contributed by atoms with van der Waals surface area (Å²) in [6.45, 7) is 9.22. The number of ether oxygens (including phenoxy) is 1. The zero-order chi connectivity index (χ0) is 14.6. The van der Waals surface area contributed by atoms with E-state index in [4.69, 9.17) is 4.74 Å².